The molecule has 43 heavy (non-hydrogen) atoms. The van der Waals surface area contributed by atoms with Gasteiger partial charge in [-0.15, -0.1) is 0 Å². The molecule has 0 aliphatic carbocycles. The molecule has 4 unspecified atom stereocenters. The highest BCUT2D eigenvalue weighted by molar-refractivity contribution is 6.43. The lowest BCUT2D eigenvalue weighted by Gasteiger charge is -2.21. The van der Waals surface area contributed by atoms with Crippen LogP contribution in [-0.2, 0) is 55.8 Å². The highest BCUT2D eigenvalue weighted by Gasteiger charge is 2.34. The van der Waals surface area contributed by atoms with E-state index < -0.39 is 59.6 Å². The molecular weight excluding hydrogens is 556 g/mol. The molecule has 232 valence electrons. The second-order valence-corrected chi connectivity index (χ2v) is 9.84. The summed E-state index contributed by atoms with van der Waals surface area (Å²) < 4.78 is 14.8. The van der Waals surface area contributed by atoms with Crippen LogP contribution < -0.4 is 10.6 Å². The van der Waals surface area contributed by atoms with E-state index >= 15 is 0 Å². The highest BCUT2D eigenvalue weighted by atomic mass is 16.6. The first-order valence-corrected chi connectivity index (χ1v) is 14.3. The second-order valence-electron chi connectivity index (χ2n) is 9.84. The number of carbonyl (C=O) groups is 6. The van der Waals surface area contributed by atoms with Crippen LogP contribution in [0.2, 0.25) is 0 Å². The first-order chi connectivity index (χ1) is 20.6. The van der Waals surface area contributed by atoms with Crippen LogP contribution in [0.3, 0.4) is 0 Å². The first kappa shape index (κ1) is 35.0. The van der Waals surface area contributed by atoms with Crippen LogP contribution in [0, 0.1) is 0 Å². The van der Waals surface area contributed by atoms with Gasteiger partial charge in [0.15, 0.2) is 0 Å². The zero-order valence-electron chi connectivity index (χ0n) is 25.0. The first-order valence-electron chi connectivity index (χ1n) is 14.3. The van der Waals surface area contributed by atoms with Crippen molar-refractivity contribution in [1.29, 1.82) is 0 Å². The molecule has 0 aromatic heterocycles. The van der Waals surface area contributed by atoms with Crippen molar-refractivity contribution in [2.24, 2.45) is 0 Å². The summed E-state index contributed by atoms with van der Waals surface area (Å²) in [5.41, 5.74) is 1.93. The monoisotopic (exact) mass is 596 g/mol. The molecule has 0 bridgehead atoms. The summed E-state index contributed by atoms with van der Waals surface area (Å²) in [4.78, 5) is 75.3. The van der Waals surface area contributed by atoms with Crippen LogP contribution >= 0.6 is 0 Å². The molecule has 2 N–H and O–H groups in total. The Bertz CT molecular complexity index is 1140. The fourth-order valence-corrected chi connectivity index (χ4v) is 4.23. The molecule has 2 aromatic carbocycles. The lowest BCUT2D eigenvalue weighted by atomic mass is 10.0. The predicted octanol–water partition coefficient (Wildman–Crippen LogP) is 2.28. The van der Waals surface area contributed by atoms with Gasteiger partial charge < -0.3 is 14.2 Å². The van der Waals surface area contributed by atoms with E-state index in [-0.39, 0.29) is 26.1 Å². The molecule has 0 saturated heterocycles. The Balaban J connectivity index is 1.96. The number of benzene rings is 2. The minimum atomic E-state index is -1.55. The Hall–Kier alpha value is -4.22. The summed E-state index contributed by atoms with van der Waals surface area (Å²) >= 11 is 0. The molecule has 11 heteroatoms. The van der Waals surface area contributed by atoms with Gasteiger partial charge in [-0.2, -0.15) is 0 Å². The fourth-order valence-electron chi connectivity index (χ4n) is 4.23. The molecule has 0 fully saturated rings. The summed E-state index contributed by atoms with van der Waals surface area (Å²) in [5.74, 6) is -6.60. The topological polar surface area (TPSA) is 154 Å². The van der Waals surface area contributed by atoms with E-state index in [0.29, 0.717) is 12.8 Å². The largest absolute Gasteiger partial charge is 0.465 e. The van der Waals surface area contributed by atoms with Crippen LogP contribution in [0.25, 0.3) is 0 Å². The molecule has 11 nitrogen and oxygen atoms in total. The molecule has 0 aliphatic heterocycles. The number of hydrogen-bond acceptors (Lipinski definition) is 11. The van der Waals surface area contributed by atoms with E-state index in [1.807, 2.05) is 60.7 Å². The molecule has 4 atom stereocenters. The van der Waals surface area contributed by atoms with Crippen molar-refractivity contribution in [3.8, 4) is 0 Å². The summed E-state index contributed by atoms with van der Waals surface area (Å²) in [6, 6.07) is 14.5. The maximum atomic E-state index is 12.7. The van der Waals surface area contributed by atoms with Gasteiger partial charge in [-0.05, 0) is 64.5 Å². The number of Topliss-reactive ketones (excluding diaryl/α,β-unsaturated/α-hetero) is 2. The minimum absolute atomic E-state index is 0.124. The maximum Gasteiger partial charge on any atom is 0.384 e. The average Bonchev–Trinajstić information content (AvgIpc) is 3.01. The zero-order valence-corrected chi connectivity index (χ0v) is 25.0. The molecule has 0 amide bonds. The molecular formula is C32H40N2O9. The SMILES string of the molecule is CCOC(=O)C(CCc1ccccc1)NC(C)C(=O)C(=O)OC(=O)C(=O)C(C)NC(CCc1ccccc1)C(=O)OCC. The van der Waals surface area contributed by atoms with Crippen molar-refractivity contribution in [3.05, 3.63) is 71.8 Å². The summed E-state index contributed by atoms with van der Waals surface area (Å²) in [6.07, 6.45) is 1.56. The smallest absolute Gasteiger partial charge is 0.384 e. The van der Waals surface area contributed by atoms with E-state index in [2.05, 4.69) is 15.4 Å². The number of nitrogens with one attached hydrogen (secondary N) is 2. The van der Waals surface area contributed by atoms with Gasteiger partial charge in [0.2, 0.25) is 0 Å². The van der Waals surface area contributed by atoms with Gasteiger partial charge in [-0.3, -0.25) is 29.8 Å². The minimum Gasteiger partial charge on any atom is -0.465 e. The molecule has 0 aliphatic rings. The van der Waals surface area contributed by atoms with E-state index in [1.54, 1.807) is 13.8 Å². The Morgan fingerprint density at radius 1 is 0.605 bits per heavy atom. The Labute approximate surface area is 251 Å². The van der Waals surface area contributed by atoms with E-state index in [9.17, 15) is 28.8 Å². The molecule has 0 spiro atoms. The van der Waals surface area contributed by atoms with Crippen LogP contribution in [0.5, 0.6) is 0 Å². The van der Waals surface area contributed by atoms with Gasteiger partial charge in [0.05, 0.1) is 25.3 Å². The molecule has 0 saturated carbocycles. The van der Waals surface area contributed by atoms with Gasteiger partial charge in [0.1, 0.15) is 12.1 Å². The molecule has 0 radical (unpaired) electrons. The molecule has 2 rings (SSSR count). The van der Waals surface area contributed by atoms with Crippen molar-refractivity contribution in [2.75, 3.05) is 13.2 Å². The number of carbonyl (C=O) groups excluding carboxylic acids is 6. The summed E-state index contributed by atoms with van der Waals surface area (Å²) in [5, 5.41) is 5.54. The standard InChI is InChI=1S/C32H40N2O9/c1-5-41-29(37)25(19-17-23-13-9-7-10-14-23)33-21(3)27(35)31(39)43-32(40)28(36)22(4)34-26(30(38)42-6-2)20-18-24-15-11-8-12-16-24/h7-16,21-22,25-26,33-34H,5-6,17-20H2,1-4H3. The van der Waals surface area contributed by atoms with Crippen molar-refractivity contribution < 1.29 is 43.0 Å². The van der Waals surface area contributed by atoms with Gasteiger partial charge in [0.25, 0.3) is 11.6 Å². The number of ether oxygens (including phenoxy) is 3. The van der Waals surface area contributed by atoms with Crippen molar-refractivity contribution in [1.82, 2.24) is 10.6 Å². The normalized spacial score (nSPS) is 13.6. The van der Waals surface area contributed by atoms with E-state index in [0.717, 1.165) is 11.1 Å². The zero-order chi connectivity index (χ0) is 31.8. The van der Waals surface area contributed by atoms with E-state index in [4.69, 9.17) is 9.47 Å². The average molecular weight is 597 g/mol. The van der Waals surface area contributed by atoms with Gasteiger partial charge in [0, 0.05) is 0 Å². The van der Waals surface area contributed by atoms with Crippen LogP contribution in [0.1, 0.15) is 51.7 Å². The van der Waals surface area contributed by atoms with Crippen molar-refractivity contribution in [2.45, 2.75) is 77.5 Å². The lowest BCUT2D eigenvalue weighted by Crippen LogP contribution is -2.50. The van der Waals surface area contributed by atoms with E-state index in [1.165, 1.54) is 13.8 Å². The Morgan fingerprint density at radius 3 is 1.28 bits per heavy atom. The fraction of sp³-hybridized carbons (Fsp3) is 0.438. The van der Waals surface area contributed by atoms with Gasteiger partial charge in [-0.25, -0.2) is 9.59 Å². The number of esters is 4. The third-order valence-electron chi connectivity index (χ3n) is 6.55. The summed E-state index contributed by atoms with van der Waals surface area (Å²) in [7, 11) is 0. The Morgan fingerprint density at radius 2 is 0.953 bits per heavy atom. The second kappa shape index (κ2) is 18.3. The van der Waals surface area contributed by atoms with Crippen molar-refractivity contribution >= 4 is 35.4 Å². The van der Waals surface area contributed by atoms with Gasteiger partial charge >= 0.3 is 23.9 Å². The van der Waals surface area contributed by atoms with Crippen LogP contribution in [0.4, 0.5) is 0 Å². The molecule has 2 aromatic rings. The number of hydrogen-bond donors (Lipinski definition) is 2. The van der Waals surface area contributed by atoms with Crippen LogP contribution in [-0.4, -0.2) is 72.8 Å². The Kier molecular flexibility index (Phi) is 14.9. The highest BCUT2D eigenvalue weighted by Crippen LogP contribution is 2.10. The number of aryl methyl sites for hydroxylation is 2. The third-order valence-corrected chi connectivity index (χ3v) is 6.55. The number of rotatable bonds is 18. The maximum absolute atomic E-state index is 12.7. The number of ketones is 2. The predicted molar refractivity (Wildman–Crippen MR) is 157 cm³/mol. The van der Waals surface area contributed by atoms with Crippen LogP contribution in [0.15, 0.2) is 60.7 Å². The quantitative estimate of drug-likeness (QED) is 0.113. The lowest BCUT2D eigenvalue weighted by molar-refractivity contribution is -0.168. The van der Waals surface area contributed by atoms with Gasteiger partial charge in [-0.1, -0.05) is 60.7 Å². The molecule has 0 heterocycles. The summed E-state index contributed by atoms with van der Waals surface area (Å²) in [6.45, 7) is 6.22. The third kappa shape index (κ3) is 11.9. The van der Waals surface area contributed by atoms with Crippen molar-refractivity contribution in [3.63, 3.8) is 0 Å².